The van der Waals surface area contributed by atoms with Crippen LogP contribution in [0.15, 0.2) is 12.4 Å². The van der Waals surface area contributed by atoms with Gasteiger partial charge in [0.25, 0.3) is 0 Å². The third-order valence-electron chi connectivity index (χ3n) is 6.09. The molecule has 1 heterocycles. The lowest BCUT2D eigenvalue weighted by molar-refractivity contribution is 0.114. The van der Waals surface area contributed by atoms with Gasteiger partial charge in [-0.1, -0.05) is 97.3 Å². The third kappa shape index (κ3) is 11.1. The summed E-state index contributed by atoms with van der Waals surface area (Å²) in [4.78, 5) is 5.21. The van der Waals surface area contributed by atoms with Gasteiger partial charge in [-0.3, -0.25) is 0 Å². The Hall–Kier alpha value is -0.660. The fourth-order valence-corrected chi connectivity index (χ4v) is 4.30. The quantitative estimate of drug-likeness (QED) is 0.222. The first-order valence-electron chi connectivity index (χ1n) is 12.4. The van der Waals surface area contributed by atoms with E-state index in [4.69, 9.17) is 0 Å². The van der Waals surface area contributed by atoms with Crippen molar-refractivity contribution in [3.8, 4) is 0 Å². The molecule has 0 bridgehead atoms. The highest BCUT2D eigenvalue weighted by Gasteiger charge is 2.26. The zero-order valence-corrected chi connectivity index (χ0v) is 19.2. The van der Waals surface area contributed by atoms with Crippen molar-refractivity contribution in [3.63, 3.8) is 0 Å². The Labute approximate surface area is 171 Å². The van der Waals surface area contributed by atoms with E-state index < -0.39 is 0 Å². The fraction of sp³-hybridized carbons (Fsp3) is 0.920. The van der Waals surface area contributed by atoms with E-state index in [1.54, 1.807) is 0 Å². The summed E-state index contributed by atoms with van der Waals surface area (Å²) in [5.74, 6) is 0. The molecule has 0 aromatic rings. The molecule has 0 amide bonds. The van der Waals surface area contributed by atoms with E-state index in [1.807, 2.05) is 0 Å². The molecule has 160 valence electrons. The van der Waals surface area contributed by atoms with E-state index in [9.17, 15) is 0 Å². The summed E-state index contributed by atoms with van der Waals surface area (Å²) in [7, 11) is 0. The second-order valence-corrected chi connectivity index (χ2v) is 8.94. The number of hydrogen-bond acceptors (Lipinski definition) is 2. The molecule has 0 radical (unpaired) electrons. The van der Waals surface area contributed by atoms with Gasteiger partial charge in [0.15, 0.2) is 0 Å². The molecular formula is C25H50N2. The number of nitrogens with zero attached hydrogens (tertiary/aromatic N) is 2. The van der Waals surface area contributed by atoms with Crippen molar-refractivity contribution in [1.29, 1.82) is 0 Å². The summed E-state index contributed by atoms with van der Waals surface area (Å²) in [6.45, 7) is 10.5. The molecule has 0 saturated carbocycles. The summed E-state index contributed by atoms with van der Waals surface area (Å²) < 4.78 is 0. The van der Waals surface area contributed by atoms with E-state index in [0.717, 1.165) is 0 Å². The van der Waals surface area contributed by atoms with Gasteiger partial charge in [-0.05, 0) is 33.1 Å². The first-order valence-corrected chi connectivity index (χ1v) is 12.4. The molecule has 0 spiro atoms. The normalized spacial score (nSPS) is 16.9. The maximum absolute atomic E-state index is 2.62. The van der Waals surface area contributed by atoms with Gasteiger partial charge < -0.3 is 9.80 Å². The Morgan fingerprint density at radius 3 is 1.63 bits per heavy atom. The Kier molecular flexibility index (Phi) is 14.7. The SMILES string of the molecule is CCCCCCCCCCCCC1N(CCCCCCC)C=CN1C(C)C. The average molecular weight is 379 g/mol. The minimum Gasteiger partial charge on any atom is -0.356 e. The van der Waals surface area contributed by atoms with Crippen LogP contribution in [0.5, 0.6) is 0 Å². The predicted molar refractivity (Wildman–Crippen MR) is 122 cm³/mol. The zero-order chi connectivity index (χ0) is 19.7. The molecule has 0 aliphatic carbocycles. The molecule has 0 aromatic heterocycles. The van der Waals surface area contributed by atoms with Crippen molar-refractivity contribution in [1.82, 2.24) is 9.80 Å². The van der Waals surface area contributed by atoms with Gasteiger partial charge in [-0.25, -0.2) is 0 Å². The summed E-state index contributed by atoms with van der Waals surface area (Å²) in [6.07, 6.45) is 27.8. The molecule has 0 N–H and O–H groups in total. The lowest BCUT2D eigenvalue weighted by Gasteiger charge is -2.35. The van der Waals surface area contributed by atoms with Crippen LogP contribution >= 0.6 is 0 Å². The highest BCUT2D eigenvalue weighted by atomic mass is 15.4. The lowest BCUT2D eigenvalue weighted by Crippen LogP contribution is -2.42. The molecule has 0 aromatic carbocycles. The zero-order valence-electron chi connectivity index (χ0n) is 19.2. The van der Waals surface area contributed by atoms with Gasteiger partial charge in [-0.15, -0.1) is 0 Å². The van der Waals surface area contributed by atoms with E-state index >= 15 is 0 Å². The Balaban J connectivity index is 2.16. The second-order valence-electron chi connectivity index (χ2n) is 8.94. The molecule has 1 rings (SSSR count). The first kappa shape index (κ1) is 24.4. The van der Waals surface area contributed by atoms with Crippen molar-refractivity contribution in [3.05, 3.63) is 12.4 Å². The molecule has 1 aliphatic heterocycles. The fourth-order valence-electron chi connectivity index (χ4n) is 4.30. The maximum atomic E-state index is 2.62. The summed E-state index contributed by atoms with van der Waals surface area (Å²) >= 11 is 0. The Morgan fingerprint density at radius 1 is 0.630 bits per heavy atom. The van der Waals surface area contributed by atoms with Crippen LogP contribution < -0.4 is 0 Å². The van der Waals surface area contributed by atoms with E-state index in [1.165, 1.54) is 109 Å². The van der Waals surface area contributed by atoms with Gasteiger partial charge in [0.1, 0.15) is 6.17 Å². The van der Waals surface area contributed by atoms with Gasteiger partial charge >= 0.3 is 0 Å². The average Bonchev–Trinajstić information content (AvgIpc) is 3.06. The predicted octanol–water partition coefficient (Wildman–Crippen LogP) is 8.09. The summed E-state index contributed by atoms with van der Waals surface area (Å²) in [5, 5.41) is 0. The van der Waals surface area contributed by atoms with Crippen LogP contribution in [-0.4, -0.2) is 28.6 Å². The smallest absolute Gasteiger partial charge is 0.101 e. The van der Waals surface area contributed by atoms with Crippen LogP contribution in [0.1, 0.15) is 130 Å². The first-order chi connectivity index (χ1) is 13.2. The minimum absolute atomic E-state index is 0.611. The third-order valence-corrected chi connectivity index (χ3v) is 6.09. The summed E-state index contributed by atoms with van der Waals surface area (Å²) in [6, 6.07) is 0.611. The van der Waals surface area contributed by atoms with Crippen LogP contribution in [0.3, 0.4) is 0 Å². The monoisotopic (exact) mass is 378 g/mol. The molecule has 1 unspecified atom stereocenters. The molecule has 27 heavy (non-hydrogen) atoms. The molecule has 0 fully saturated rings. The van der Waals surface area contributed by atoms with Crippen molar-refractivity contribution >= 4 is 0 Å². The van der Waals surface area contributed by atoms with Gasteiger partial charge in [0.2, 0.25) is 0 Å². The van der Waals surface area contributed by atoms with Crippen molar-refractivity contribution in [2.24, 2.45) is 0 Å². The van der Waals surface area contributed by atoms with E-state index in [0.29, 0.717) is 12.2 Å². The van der Waals surface area contributed by atoms with E-state index in [2.05, 4.69) is 49.9 Å². The van der Waals surface area contributed by atoms with Crippen LogP contribution in [0, 0.1) is 0 Å². The molecule has 2 heteroatoms. The van der Waals surface area contributed by atoms with Gasteiger partial charge in [0, 0.05) is 25.0 Å². The largest absolute Gasteiger partial charge is 0.356 e. The van der Waals surface area contributed by atoms with Gasteiger partial charge in [-0.2, -0.15) is 0 Å². The van der Waals surface area contributed by atoms with Gasteiger partial charge in [0.05, 0.1) is 0 Å². The van der Waals surface area contributed by atoms with Crippen molar-refractivity contribution < 1.29 is 0 Å². The second kappa shape index (κ2) is 16.3. The van der Waals surface area contributed by atoms with Crippen molar-refractivity contribution in [2.75, 3.05) is 6.54 Å². The molecule has 1 atom stereocenters. The number of unbranched alkanes of at least 4 members (excludes halogenated alkanes) is 13. The molecule has 1 aliphatic rings. The Bertz CT molecular complexity index is 350. The van der Waals surface area contributed by atoms with Crippen LogP contribution in [-0.2, 0) is 0 Å². The molecular weight excluding hydrogens is 328 g/mol. The van der Waals surface area contributed by atoms with Crippen LogP contribution in [0.4, 0.5) is 0 Å². The summed E-state index contributed by atoms with van der Waals surface area (Å²) in [5.41, 5.74) is 0. The highest BCUT2D eigenvalue weighted by molar-refractivity contribution is 4.98. The topological polar surface area (TPSA) is 6.48 Å². The number of hydrogen-bond donors (Lipinski definition) is 0. The Morgan fingerprint density at radius 2 is 1.11 bits per heavy atom. The maximum Gasteiger partial charge on any atom is 0.101 e. The highest BCUT2D eigenvalue weighted by Crippen LogP contribution is 2.24. The lowest BCUT2D eigenvalue weighted by atomic mass is 10.0. The molecule has 2 nitrogen and oxygen atoms in total. The minimum atomic E-state index is 0.611. The van der Waals surface area contributed by atoms with Crippen LogP contribution in [0.2, 0.25) is 0 Å². The van der Waals surface area contributed by atoms with Crippen LogP contribution in [0.25, 0.3) is 0 Å². The standard InChI is InChI=1S/C25H50N2/c1-5-7-9-11-12-13-14-15-16-18-20-25-26(21-19-17-10-8-6-2)22-23-27(25)24(3)4/h22-25H,5-21H2,1-4H3. The van der Waals surface area contributed by atoms with Crippen molar-refractivity contribution in [2.45, 2.75) is 143 Å². The number of rotatable bonds is 18. The van der Waals surface area contributed by atoms with E-state index in [-0.39, 0.29) is 0 Å². The molecule has 0 saturated heterocycles.